The van der Waals surface area contributed by atoms with Crippen molar-refractivity contribution in [3.8, 4) is 0 Å². The number of nitro benzene ring substituents is 2. The van der Waals surface area contributed by atoms with Crippen LogP contribution >= 0.6 is 0 Å². The standard InChI is InChI=1S/C15H10FN3O7/c16-12-5-4-10(7-13(12)19(24)25)17-14(20)8-26-15(21)9-2-1-3-11(6-9)18(22)23/h1-7H,8H2,(H,17,20). The Kier molecular flexibility index (Phi) is 5.53. The van der Waals surface area contributed by atoms with E-state index in [1.807, 2.05) is 0 Å². The lowest BCUT2D eigenvalue weighted by Gasteiger charge is -2.07. The summed E-state index contributed by atoms with van der Waals surface area (Å²) in [5.74, 6) is -2.86. The Labute approximate surface area is 144 Å². The second-order valence-electron chi connectivity index (χ2n) is 4.86. The molecule has 26 heavy (non-hydrogen) atoms. The Hall–Kier alpha value is -3.89. The molecular weight excluding hydrogens is 353 g/mol. The van der Waals surface area contributed by atoms with Gasteiger partial charge in [0, 0.05) is 23.9 Å². The summed E-state index contributed by atoms with van der Waals surface area (Å²) < 4.78 is 17.9. The summed E-state index contributed by atoms with van der Waals surface area (Å²) in [6.45, 7) is -0.743. The summed E-state index contributed by atoms with van der Waals surface area (Å²) in [7, 11) is 0. The van der Waals surface area contributed by atoms with Crippen molar-refractivity contribution >= 4 is 28.9 Å². The van der Waals surface area contributed by atoms with Crippen LogP contribution in [0.5, 0.6) is 0 Å². The van der Waals surface area contributed by atoms with Gasteiger partial charge in [-0.05, 0) is 18.2 Å². The van der Waals surface area contributed by atoms with E-state index in [1.54, 1.807) is 0 Å². The average Bonchev–Trinajstić information content (AvgIpc) is 2.61. The first-order chi connectivity index (χ1) is 12.3. The number of non-ortho nitro benzene ring substituents is 1. The minimum Gasteiger partial charge on any atom is -0.452 e. The van der Waals surface area contributed by atoms with Crippen molar-refractivity contribution in [2.24, 2.45) is 0 Å². The predicted octanol–water partition coefficient (Wildman–Crippen LogP) is 2.44. The van der Waals surface area contributed by atoms with Gasteiger partial charge in [-0.25, -0.2) is 4.79 Å². The van der Waals surface area contributed by atoms with Gasteiger partial charge in [0.1, 0.15) is 0 Å². The number of amides is 1. The van der Waals surface area contributed by atoms with Gasteiger partial charge in [-0.15, -0.1) is 0 Å². The average molecular weight is 363 g/mol. The molecule has 134 valence electrons. The number of rotatable bonds is 6. The van der Waals surface area contributed by atoms with E-state index in [4.69, 9.17) is 4.74 Å². The minimum absolute atomic E-state index is 0.0607. The zero-order valence-electron chi connectivity index (χ0n) is 12.9. The first-order valence-corrected chi connectivity index (χ1v) is 6.93. The molecule has 10 nitrogen and oxygen atoms in total. The first-order valence-electron chi connectivity index (χ1n) is 6.93. The number of hydrogen-bond donors (Lipinski definition) is 1. The number of benzene rings is 2. The summed E-state index contributed by atoms with van der Waals surface area (Å²) in [6, 6.07) is 7.46. The molecule has 0 aliphatic heterocycles. The second kappa shape index (κ2) is 7.79. The molecule has 2 rings (SSSR count). The summed E-state index contributed by atoms with van der Waals surface area (Å²) in [5, 5.41) is 23.5. The lowest BCUT2D eigenvalue weighted by molar-refractivity contribution is -0.387. The van der Waals surface area contributed by atoms with Crippen LogP contribution in [-0.2, 0) is 9.53 Å². The third-order valence-corrected chi connectivity index (χ3v) is 3.05. The van der Waals surface area contributed by atoms with Crippen LogP contribution in [0.2, 0.25) is 0 Å². The number of nitrogens with one attached hydrogen (secondary N) is 1. The number of hydrogen-bond acceptors (Lipinski definition) is 7. The zero-order valence-corrected chi connectivity index (χ0v) is 12.9. The lowest BCUT2D eigenvalue weighted by Crippen LogP contribution is -2.21. The number of nitro groups is 2. The first kappa shape index (κ1) is 18.4. The summed E-state index contributed by atoms with van der Waals surface area (Å²) in [6.07, 6.45) is 0. The van der Waals surface area contributed by atoms with Gasteiger partial charge < -0.3 is 10.1 Å². The normalized spacial score (nSPS) is 10.0. The maximum atomic E-state index is 13.2. The number of halogens is 1. The summed E-state index contributed by atoms with van der Waals surface area (Å²) >= 11 is 0. The van der Waals surface area contributed by atoms with Crippen molar-refractivity contribution in [3.63, 3.8) is 0 Å². The fourth-order valence-electron chi connectivity index (χ4n) is 1.89. The van der Waals surface area contributed by atoms with Crippen LogP contribution in [-0.4, -0.2) is 28.3 Å². The molecule has 0 aliphatic rings. The van der Waals surface area contributed by atoms with Crippen LogP contribution in [0.4, 0.5) is 21.5 Å². The number of anilines is 1. The van der Waals surface area contributed by atoms with E-state index in [1.165, 1.54) is 18.2 Å². The molecule has 0 fully saturated rings. The van der Waals surface area contributed by atoms with Crippen molar-refractivity contribution in [2.45, 2.75) is 0 Å². The molecular formula is C15H10FN3O7. The zero-order chi connectivity index (χ0) is 19.3. The van der Waals surface area contributed by atoms with Crippen LogP contribution in [0.3, 0.4) is 0 Å². The largest absolute Gasteiger partial charge is 0.452 e. The van der Waals surface area contributed by atoms with Gasteiger partial charge in [-0.2, -0.15) is 4.39 Å². The highest BCUT2D eigenvalue weighted by Crippen LogP contribution is 2.21. The summed E-state index contributed by atoms with van der Waals surface area (Å²) in [4.78, 5) is 43.2. The van der Waals surface area contributed by atoms with Crippen LogP contribution < -0.4 is 5.32 Å². The highest BCUT2D eigenvalue weighted by atomic mass is 19.1. The van der Waals surface area contributed by atoms with Crippen molar-refractivity contribution in [1.29, 1.82) is 0 Å². The Morgan fingerprint density at radius 3 is 2.46 bits per heavy atom. The van der Waals surface area contributed by atoms with E-state index in [0.717, 1.165) is 24.3 Å². The maximum Gasteiger partial charge on any atom is 0.338 e. The molecule has 2 aromatic rings. The van der Waals surface area contributed by atoms with Gasteiger partial charge in [0.15, 0.2) is 6.61 Å². The molecule has 0 aliphatic carbocycles. The van der Waals surface area contributed by atoms with Crippen molar-refractivity contribution in [1.82, 2.24) is 0 Å². The van der Waals surface area contributed by atoms with E-state index in [-0.39, 0.29) is 16.9 Å². The molecule has 0 aromatic heterocycles. The maximum absolute atomic E-state index is 13.2. The number of ether oxygens (including phenoxy) is 1. The van der Waals surface area contributed by atoms with Gasteiger partial charge in [-0.1, -0.05) is 6.07 Å². The highest BCUT2D eigenvalue weighted by molar-refractivity contribution is 5.95. The number of carbonyl (C=O) groups excluding carboxylic acids is 2. The van der Waals surface area contributed by atoms with Crippen molar-refractivity contribution < 1.29 is 28.6 Å². The molecule has 0 spiro atoms. The molecule has 2 aromatic carbocycles. The molecule has 0 heterocycles. The third-order valence-electron chi connectivity index (χ3n) is 3.05. The number of carbonyl (C=O) groups is 2. The summed E-state index contributed by atoms with van der Waals surface area (Å²) in [5.41, 5.74) is -1.32. The van der Waals surface area contributed by atoms with E-state index < -0.39 is 39.8 Å². The molecule has 1 amide bonds. The number of nitrogens with zero attached hydrogens (tertiary/aromatic N) is 2. The third kappa shape index (κ3) is 4.56. The van der Waals surface area contributed by atoms with Crippen LogP contribution in [0.25, 0.3) is 0 Å². The molecule has 0 bridgehead atoms. The molecule has 0 saturated carbocycles. The van der Waals surface area contributed by atoms with Gasteiger partial charge in [0.25, 0.3) is 11.6 Å². The van der Waals surface area contributed by atoms with Gasteiger partial charge in [0.2, 0.25) is 5.82 Å². The van der Waals surface area contributed by atoms with Gasteiger partial charge in [0.05, 0.1) is 15.4 Å². The number of esters is 1. The Morgan fingerprint density at radius 2 is 1.81 bits per heavy atom. The molecule has 11 heteroatoms. The van der Waals surface area contributed by atoms with E-state index in [0.29, 0.717) is 0 Å². The fraction of sp³-hybridized carbons (Fsp3) is 0.0667. The molecule has 0 saturated heterocycles. The molecule has 0 radical (unpaired) electrons. The lowest BCUT2D eigenvalue weighted by atomic mass is 10.2. The quantitative estimate of drug-likeness (QED) is 0.472. The van der Waals surface area contributed by atoms with Crippen molar-refractivity contribution in [2.75, 3.05) is 11.9 Å². The van der Waals surface area contributed by atoms with E-state index in [9.17, 15) is 34.2 Å². The van der Waals surface area contributed by atoms with Gasteiger partial charge in [-0.3, -0.25) is 25.0 Å². The predicted molar refractivity (Wildman–Crippen MR) is 85.1 cm³/mol. The minimum atomic E-state index is -1.06. The topological polar surface area (TPSA) is 142 Å². The van der Waals surface area contributed by atoms with Crippen LogP contribution in [0.15, 0.2) is 42.5 Å². The molecule has 0 atom stereocenters. The fourth-order valence-corrected chi connectivity index (χ4v) is 1.89. The Bertz CT molecular complexity index is 901. The molecule has 1 N–H and O–H groups in total. The van der Waals surface area contributed by atoms with E-state index >= 15 is 0 Å². The Balaban J connectivity index is 1.97. The Morgan fingerprint density at radius 1 is 1.08 bits per heavy atom. The van der Waals surface area contributed by atoms with Crippen LogP contribution in [0, 0.1) is 26.0 Å². The van der Waals surface area contributed by atoms with Crippen LogP contribution in [0.1, 0.15) is 10.4 Å². The second-order valence-corrected chi connectivity index (χ2v) is 4.86. The van der Waals surface area contributed by atoms with Crippen molar-refractivity contribution in [3.05, 3.63) is 74.1 Å². The van der Waals surface area contributed by atoms with E-state index in [2.05, 4.69) is 5.32 Å². The van der Waals surface area contributed by atoms with Gasteiger partial charge >= 0.3 is 11.7 Å². The highest BCUT2D eigenvalue weighted by Gasteiger charge is 2.17. The monoisotopic (exact) mass is 363 g/mol. The SMILES string of the molecule is O=C(COC(=O)c1cccc([N+](=O)[O-])c1)Nc1ccc(F)c([N+](=O)[O-])c1. The smallest absolute Gasteiger partial charge is 0.338 e. The molecule has 0 unspecified atom stereocenters.